The van der Waals surface area contributed by atoms with Gasteiger partial charge in [-0.05, 0) is 46.1 Å². The number of piperidine rings is 1. The first-order valence-corrected chi connectivity index (χ1v) is 9.25. The second kappa shape index (κ2) is 8.41. The lowest BCUT2D eigenvalue weighted by Gasteiger charge is -2.35. The third-order valence-electron chi connectivity index (χ3n) is 4.29. The number of hydrogen-bond donors (Lipinski definition) is 2. The Labute approximate surface area is 159 Å². The highest BCUT2D eigenvalue weighted by molar-refractivity contribution is 5.75. The van der Waals surface area contributed by atoms with E-state index in [1.54, 1.807) is 13.1 Å². The number of amides is 1. The predicted octanol–water partition coefficient (Wildman–Crippen LogP) is 3.09. The fraction of sp³-hybridized carbons (Fsp3) is 0.667. The van der Waals surface area contributed by atoms with Gasteiger partial charge in [0.15, 0.2) is 0 Å². The number of carbonyl (C=O) groups excluding carboxylic acids is 1. The Bertz CT molecular complexity index is 702. The molecule has 1 saturated heterocycles. The Morgan fingerprint density at radius 2 is 2.19 bits per heavy atom. The summed E-state index contributed by atoms with van der Waals surface area (Å²) < 4.78 is 5.32. The number of aromatic nitrogens is 1. The molecule has 1 fully saturated rings. The Morgan fingerprint density at radius 1 is 1.48 bits per heavy atom. The lowest BCUT2D eigenvalue weighted by atomic mass is 10.0. The van der Waals surface area contributed by atoms with Crippen molar-refractivity contribution in [1.82, 2.24) is 10.3 Å². The number of alkyl carbamates (subject to hydrolysis) is 1. The van der Waals surface area contributed by atoms with Crippen LogP contribution in [-0.4, -0.2) is 47.8 Å². The van der Waals surface area contributed by atoms with Crippen LogP contribution < -0.4 is 15.5 Å². The van der Waals surface area contributed by atoms with E-state index in [0.29, 0.717) is 25.2 Å². The summed E-state index contributed by atoms with van der Waals surface area (Å²) in [5.74, 6) is 0.261. The van der Waals surface area contributed by atoms with E-state index in [1.807, 2.05) is 32.6 Å². The van der Waals surface area contributed by atoms with Crippen molar-refractivity contribution in [2.75, 3.05) is 30.4 Å². The number of hydrogen-bond acceptors (Lipinski definition) is 7. The molecule has 0 radical (unpaired) electrons. The number of anilines is 2. The van der Waals surface area contributed by atoms with Crippen LogP contribution in [0, 0.1) is 10.1 Å². The largest absolute Gasteiger partial charge is 0.444 e. The minimum atomic E-state index is -0.569. The Morgan fingerprint density at radius 3 is 2.74 bits per heavy atom. The van der Waals surface area contributed by atoms with Gasteiger partial charge in [0, 0.05) is 31.9 Å². The van der Waals surface area contributed by atoms with E-state index in [1.165, 1.54) is 0 Å². The van der Waals surface area contributed by atoms with Crippen LogP contribution >= 0.6 is 0 Å². The summed E-state index contributed by atoms with van der Waals surface area (Å²) in [6.45, 7) is 8.56. The van der Waals surface area contributed by atoms with Crippen molar-refractivity contribution in [1.29, 1.82) is 0 Å². The Balaban J connectivity index is 2.24. The number of pyridine rings is 1. The van der Waals surface area contributed by atoms with Crippen LogP contribution in [0.5, 0.6) is 0 Å². The van der Waals surface area contributed by atoms with E-state index in [-0.39, 0.29) is 17.5 Å². The zero-order chi connectivity index (χ0) is 20.2. The summed E-state index contributed by atoms with van der Waals surface area (Å²) in [6, 6.07) is 1.64. The average molecular weight is 379 g/mol. The molecule has 1 aromatic rings. The van der Waals surface area contributed by atoms with Gasteiger partial charge in [0.05, 0.1) is 4.92 Å². The molecule has 0 aromatic carbocycles. The maximum atomic E-state index is 12.1. The maximum absolute atomic E-state index is 12.1. The average Bonchev–Trinajstić information content (AvgIpc) is 2.58. The lowest BCUT2D eigenvalue weighted by Crippen LogP contribution is -2.49. The summed E-state index contributed by atoms with van der Waals surface area (Å²) in [6.07, 6.45) is 1.82. The molecule has 2 N–H and O–H groups in total. The molecule has 1 atom stereocenters. The van der Waals surface area contributed by atoms with Gasteiger partial charge >= 0.3 is 11.8 Å². The van der Waals surface area contributed by atoms with E-state index in [9.17, 15) is 14.9 Å². The first kappa shape index (κ1) is 20.7. The van der Waals surface area contributed by atoms with Crippen molar-refractivity contribution in [3.8, 4) is 0 Å². The summed E-state index contributed by atoms with van der Waals surface area (Å²) in [7, 11) is 1.63. The molecule has 2 heterocycles. The molecule has 1 amide bonds. The van der Waals surface area contributed by atoms with Crippen molar-refractivity contribution in [2.24, 2.45) is 0 Å². The van der Waals surface area contributed by atoms with Crippen molar-refractivity contribution in [3.63, 3.8) is 0 Å². The first-order chi connectivity index (χ1) is 12.6. The van der Waals surface area contributed by atoms with Gasteiger partial charge in [-0.25, -0.2) is 9.78 Å². The number of nitro groups is 1. The number of nitrogens with one attached hydrogen (secondary N) is 2. The minimum Gasteiger partial charge on any atom is -0.444 e. The van der Waals surface area contributed by atoms with Crippen molar-refractivity contribution >= 4 is 23.3 Å². The molecule has 27 heavy (non-hydrogen) atoms. The number of rotatable bonds is 5. The monoisotopic (exact) mass is 379 g/mol. The van der Waals surface area contributed by atoms with Crippen molar-refractivity contribution in [3.05, 3.63) is 21.9 Å². The molecule has 9 heteroatoms. The summed E-state index contributed by atoms with van der Waals surface area (Å²) >= 11 is 0. The van der Waals surface area contributed by atoms with Crippen LogP contribution in [0.25, 0.3) is 0 Å². The molecule has 9 nitrogen and oxygen atoms in total. The number of aryl methyl sites for hydroxylation is 1. The topological polar surface area (TPSA) is 110 Å². The van der Waals surface area contributed by atoms with Crippen molar-refractivity contribution in [2.45, 2.75) is 58.6 Å². The molecule has 150 valence electrons. The molecule has 1 aliphatic heterocycles. The first-order valence-electron chi connectivity index (χ1n) is 9.25. The van der Waals surface area contributed by atoms with Crippen LogP contribution in [0.4, 0.5) is 22.0 Å². The molecule has 0 bridgehead atoms. The molecule has 2 rings (SSSR count). The molecule has 0 saturated carbocycles. The second-order valence-electron chi connectivity index (χ2n) is 7.62. The van der Waals surface area contributed by atoms with Crippen LogP contribution in [-0.2, 0) is 11.2 Å². The third kappa shape index (κ3) is 5.45. The summed E-state index contributed by atoms with van der Waals surface area (Å²) in [4.78, 5) is 29.6. The number of carbonyl (C=O) groups is 1. The summed E-state index contributed by atoms with van der Waals surface area (Å²) in [5, 5.41) is 17.4. The van der Waals surface area contributed by atoms with Crippen molar-refractivity contribution < 1.29 is 14.5 Å². The van der Waals surface area contributed by atoms with E-state index in [4.69, 9.17) is 4.74 Å². The zero-order valence-corrected chi connectivity index (χ0v) is 16.7. The van der Waals surface area contributed by atoms with Gasteiger partial charge in [0.25, 0.3) is 0 Å². The molecule has 0 aliphatic carbocycles. The molecule has 1 aliphatic rings. The highest BCUT2D eigenvalue weighted by Crippen LogP contribution is 2.36. The standard InChI is InChI=1S/C18H29N5O4/c1-6-12-10-14(15(23(25)26)16(19-5)20-12)22-9-7-8-13(11-22)21-17(24)27-18(2,3)4/h10,13H,6-9,11H2,1-5H3,(H,19,20)(H,21,24)/t13-/m1/s1. The fourth-order valence-electron chi connectivity index (χ4n) is 3.14. The van der Waals surface area contributed by atoms with Crippen LogP contribution in [0.15, 0.2) is 6.07 Å². The van der Waals surface area contributed by atoms with Crippen LogP contribution in [0.3, 0.4) is 0 Å². The maximum Gasteiger partial charge on any atom is 0.407 e. The lowest BCUT2D eigenvalue weighted by molar-refractivity contribution is -0.383. The smallest absolute Gasteiger partial charge is 0.407 e. The zero-order valence-electron chi connectivity index (χ0n) is 16.7. The van der Waals surface area contributed by atoms with Gasteiger partial charge in [-0.2, -0.15) is 0 Å². The van der Waals surface area contributed by atoms with E-state index >= 15 is 0 Å². The summed E-state index contributed by atoms with van der Waals surface area (Å²) in [5.41, 5.74) is 0.710. The highest BCUT2D eigenvalue weighted by Gasteiger charge is 2.30. The fourth-order valence-corrected chi connectivity index (χ4v) is 3.14. The predicted molar refractivity (Wildman–Crippen MR) is 104 cm³/mol. The van der Waals surface area contributed by atoms with Gasteiger partial charge in [-0.15, -0.1) is 0 Å². The minimum absolute atomic E-state index is 0.0346. The quantitative estimate of drug-likeness (QED) is 0.597. The third-order valence-corrected chi connectivity index (χ3v) is 4.29. The van der Waals surface area contributed by atoms with E-state index in [0.717, 1.165) is 18.5 Å². The van der Waals surface area contributed by atoms with E-state index in [2.05, 4.69) is 15.6 Å². The van der Waals surface area contributed by atoms with Gasteiger partial charge < -0.3 is 20.3 Å². The SMILES string of the molecule is CCc1cc(N2CCC[C@@H](NC(=O)OC(C)(C)C)C2)c([N+](=O)[O-])c(NC)n1. The van der Waals surface area contributed by atoms with Crippen LogP contribution in [0.2, 0.25) is 0 Å². The number of ether oxygens (including phenoxy) is 1. The molecular weight excluding hydrogens is 350 g/mol. The molecular formula is C18H29N5O4. The van der Waals surface area contributed by atoms with E-state index < -0.39 is 16.6 Å². The number of nitrogens with zero attached hydrogens (tertiary/aromatic N) is 3. The van der Waals surface area contributed by atoms with Gasteiger partial charge in [0.1, 0.15) is 11.3 Å². The second-order valence-corrected chi connectivity index (χ2v) is 7.62. The van der Waals surface area contributed by atoms with Gasteiger partial charge in [0.2, 0.25) is 5.82 Å². The highest BCUT2D eigenvalue weighted by atomic mass is 16.6. The molecule has 0 unspecified atom stereocenters. The molecule has 0 spiro atoms. The Kier molecular flexibility index (Phi) is 6.45. The Hall–Kier alpha value is -2.58. The molecule has 1 aromatic heterocycles. The van der Waals surface area contributed by atoms with Crippen LogP contribution in [0.1, 0.15) is 46.2 Å². The van der Waals surface area contributed by atoms with Gasteiger partial charge in [-0.3, -0.25) is 10.1 Å². The van der Waals surface area contributed by atoms with Gasteiger partial charge in [-0.1, -0.05) is 6.92 Å². The normalized spacial score (nSPS) is 17.4.